The number of para-hydroxylation sites is 1. The van der Waals surface area contributed by atoms with Gasteiger partial charge in [0.1, 0.15) is 5.00 Å². The van der Waals surface area contributed by atoms with Crippen LogP contribution in [0.15, 0.2) is 39.9 Å². The van der Waals surface area contributed by atoms with Gasteiger partial charge in [0.25, 0.3) is 5.03 Å². The number of anilines is 1. The van der Waals surface area contributed by atoms with Gasteiger partial charge in [0.05, 0.1) is 23.2 Å². The van der Waals surface area contributed by atoms with Crippen molar-refractivity contribution in [3.8, 4) is 11.6 Å². The van der Waals surface area contributed by atoms with E-state index in [2.05, 4.69) is 10.6 Å². The number of aromatic nitrogens is 2. The third kappa shape index (κ3) is 5.06. The number of thiophene rings is 1. The highest BCUT2D eigenvalue weighted by Crippen LogP contribution is 2.38. The van der Waals surface area contributed by atoms with E-state index in [0.717, 1.165) is 60.7 Å². The molecule has 2 aromatic heterocycles. The zero-order valence-electron chi connectivity index (χ0n) is 18.5. The lowest BCUT2D eigenvalue weighted by atomic mass is 9.96. The van der Waals surface area contributed by atoms with Crippen LogP contribution in [0.1, 0.15) is 53.4 Å². The molecule has 33 heavy (non-hydrogen) atoms. The topological polar surface area (TPSA) is 108 Å². The Bertz CT molecular complexity index is 1140. The lowest BCUT2D eigenvalue weighted by Gasteiger charge is -2.12. The molecule has 4 rings (SSSR count). The van der Waals surface area contributed by atoms with Gasteiger partial charge in [0.15, 0.2) is 5.95 Å². The minimum absolute atomic E-state index is 0.204. The van der Waals surface area contributed by atoms with Crippen molar-refractivity contribution in [3.63, 3.8) is 0 Å². The molecule has 1 N–H and O–H groups in total. The van der Waals surface area contributed by atoms with E-state index in [1.165, 1.54) is 23.1 Å². The third-order valence-electron chi connectivity index (χ3n) is 5.53. The number of rotatable bonds is 6. The SMILES string of the molecule is COC(=O)c1c(NC(=O)C(C)Sc2c([O-])on[n+]2-c2ccccc2)sc2c1CCCCCC2. The van der Waals surface area contributed by atoms with Gasteiger partial charge in [-0.1, -0.05) is 31.0 Å². The lowest BCUT2D eigenvalue weighted by molar-refractivity contribution is -0.705. The summed E-state index contributed by atoms with van der Waals surface area (Å²) in [7, 11) is 1.35. The number of aryl methyl sites for hydroxylation is 1. The van der Waals surface area contributed by atoms with Gasteiger partial charge in [-0.25, -0.2) is 4.79 Å². The van der Waals surface area contributed by atoms with E-state index < -0.39 is 17.2 Å². The van der Waals surface area contributed by atoms with E-state index in [1.807, 2.05) is 18.2 Å². The first-order valence-electron chi connectivity index (χ1n) is 10.8. The highest BCUT2D eigenvalue weighted by molar-refractivity contribution is 8.00. The summed E-state index contributed by atoms with van der Waals surface area (Å²) < 4.78 is 11.2. The summed E-state index contributed by atoms with van der Waals surface area (Å²) in [5, 5.41) is 19.0. The van der Waals surface area contributed by atoms with Gasteiger partial charge in [-0.05, 0) is 54.6 Å². The van der Waals surface area contributed by atoms with Crippen molar-refractivity contribution in [1.29, 1.82) is 0 Å². The Morgan fingerprint density at radius 1 is 1.21 bits per heavy atom. The van der Waals surface area contributed by atoms with Gasteiger partial charge in [0.2, 0.25) is 11.6 Å². The number of carbonyl (C=O) groups is 2. The molecular formula is C23H25N3O5S2. The fourth-order valence-electron chi connectivity index (χ4n) is 3.83. The predicted molar refractivity (Wildman–Crippen MR) is 123 cm³/mol. The van der Waals surface area contributed by atoms with Gasteiger partial charge in [0, 0.05) is 17.0 Å². The maximum absolute atomic E-state index is 13.1. The number of nitrogens with zero attached hydrogens (tertiary/aromatic N) is 2. The van der Waals surface area contributed by atoms with Crippen LogP contribution >= 0.6 is 23.1 Å². The highest BCUT2D eigenvalue weighted by atomic mass is 32.2. The second-order valence-corrected chi connectivity index (χ2v) is 10.2. The molecule has 1 unspecified atom stereocenters. The average molecular weight is 488 g/mol. The molecule has 10 heteroatoms. The van der Waals surface area contributed by atoms with Crippen LogP contribution in [0.25, 0.3) is 5.69 Å². The van der Waals surface area contributed by atoms with E-state index >= 15 is 0 Å². The number of esters is 1. The van der Waals surface area contributed by atoms with Crippen LogP contribution in [0.2, 0.25) is 0 Å². The number of methoxy groups -OCH3 is 1. The molecule has 0 radical (unpaired) electrons. The Labute approximate surface area is 199 Å². The Balaban J connectivity index is 1.56. The molecule has 0 spiro atoms. The van der Waals surface area contributed by atoms with Crippen LogP contribution < -0.4 is 15.1 Å². The molecule has 1 aromatic carbocycles. The lowest BCUT2D eigenvalue weighted by Crippen LogP contribution is -2.36. The van der Waals surface area contributed by atoms with Gasteiger partial charge < -0.3 is 19.7 Å². The molecule has 2 heterocycles. The first kappa shape index (κ1) is 23.3. The smallest absolute Gasteiger partial charge is 0.341 e. The first-order valence-corrected chi connectivity index (χ1v) is 12.5. The number of carbonyl (C=O) groups excluding carboxylic acids is 2. The van der Waals surface area contributed by atoms with E-state index in [1.54, 1.807) is 19.1 Å². The molecule has 1 amide bonds. The molecule has 1 aliphatic carbocycles. The minimum Gasteiger partial charge on any atom is -0.538 e. The van der Waals surface area contributed by atoms with Crippen molar-refractivity contribution in [2.45, 2.75) is 55.7 Å². The van der Waals surface area contributed by atoms with Crippen LogP contribution in [-0.4, -0.2) is 29.5 Å². The van der Waals surface area contributed by atoms with E-state index in [4.69, 9.17) is 9.26 Å². The van der Waals surface area contributed by atoms with Crippen LogP contribution in [0.5, 0.6) is 5.95 Å². The minimum atomic E-state index is -0.637. The molecule has 8 nitrogen and oxygen atoms in total. The van der Waals surface area contributed by atoms with Gasteiger partial charge in [-0.2, -0.15) is 0 Å². The summed E-state index contributed by atoms with van der Waals surface area (Å²) >= 11 is 2.50. The van der Waals surface area contributed by atoms with E-state index in [-0.39, 0.29) is 10.9 Å². The molecule has 1 atom stereocenters. The summed E-state index contributed by atoms with van der Waals surface area (Å²) in [6, 6.07) is 9.09. The predicted octanol–water partition coefficient (Wildman–Crippen LogP) is 3.65. The summed E-state index contributed by atoms with van der Waals surface area (Å²) in [6.07, 6.45) is 6.05. The number of benzene rings is 1. The number of ether oxygens (including phenoxy) is 1. The quantitative estimate of drug-likeness (QED) is 0.321. The monoisotopic (exact) mass is 487 g/mol. The molecule has 0 aliphatic heterocycles. The summed E-state index contributed by atoms with van der Waals surface area (Å²) in [4.78, 5) is 26.8. The first-order chi connectivity index (χ1) is 16.0. The summed E-state index contributed by atoms with van der Waals surface area (Å²) in [6.45, 7) is 1.70. The van der Waals surface area contributed by atoms with Gasteiger partial charge >= 0.3 is 5.97 Å². The number of thioether (sulfide) groups is 1. The van der Waals surface area contributed by atoms with Crippen molar-refractivity contribution in [1.82, 2.24) is 5.27 Å². The summed E-state index contributed by atoms with van der Waals surface area (Å²) in [5.74, 6) is -1.37. The molecule has 3 aromatic rings. The van der Waals surface area contributed by atoms with Gasteiger partial charge in [-0.3, -0.25) is 4.79 Å². The zero-order chi connectivity index (χ0) is 23.4. The Morgan fingerprint density at radius 3 is 2.67 bits per heavy atom. The maximum Gasteiger partial charge on any atom is 0.341 e. The van der Waals surface area contributed by atoms with E-state index in [0.29, 0.717) is 16.3 Å². The number of fused-ring (bicyclic) bond motifs is 1. The molecule has 0 bridgehead atoms. The van der Waals surface area contributed by atoms with Crippen LogP contribution in [0, 0.1) is 0 Å². The van der Waals surface area contributed by atoms with Crippen LogP contribution in [0.3, 0.4) is 0 Å². The second-order valence-electron chi connectivity index (χ2n) is 7.78. The Hall–Kier alpha value is -2.85. The van der Waals surface area contributed by atoms with Crippen molar-refractivity contribution in [3.05, 3.63) is 46.3 Å². The number of hydrogen-bond acceptors (Lipinski definition) is 8. The molecular weight excluding hydrogens is 462 g/mol. The van der Waals surface area contributed by atoms with Gasteiger partial charge in [-0.15, -0.1) is 11.3 Å². The van der Waals surface area contributed by atoms with Crippen molar-refractivity contribution in [2.75, 3.05) is 12.4 Å². The van der Waals surface area contributed by atoms with Crippen LogP contribution in [-0.2, 0) is 22.4 Å². The number of hydrogen-bond donors (Lipinski definition) is 1. The van der Waals surface area contributed by atoms with Crippen molar-refractivity contribution >= 4 is 40.0 Å². The number of nitrogens with one attached hydrogen (secondary N) is 1. The fourth-order valence-corrected chi connectivity index (χ4v) is 5.99. The van der Waals surface area contributed by atoms with E-state index in [9.17, 15) is 14.7 Å². The normalized spacial score (nSPS) is 14.6. The third-order valence-corrected chi connectivity index (χ3v) is 7.87. The maximum atomic E-state index is 13.1. The second kappa shape index (κ2) is 10.4. The standard InChI is InChI=1S/C23H25N3O5S2/c1-14(32-21-23(29)31-25-26(21)15-10-6-5-7-11-15)19(27)24-20-18(22(28)30-2)16-12-8-3-4-9-13-17(16)33-20/h5-7,10-11,14H,3-4,8-9,12-13H2,1-2H3,(H-,24,25,27,28,29). The Kier molecular flexibility index (Phi) is 7.34. The average Bonchev–Trinajstić information content (AvgIpc) is 3.33. The number of amides is 1. The molecule has 1 aliphatic rings. The molecule has 0 fully saturated rings. The fraction of sp³-hybridized carbons (Fsp3) is 0.391. The van der Waals surface area contributed by atoms with Crippen molar-refractivity contribution in [2.24, 2.45) is 0 Å². The Morgan fingerprint density at radius 2 is 1.94 bits per heavy atom. The molecule has 0 saturated heterocycles. The molecule has 174 valence electrons. The van der Waals surface area contributed by atoms with Crippen LogP contribution in [0.4, 0.5) is 5.00 Å². The highest BCUT2D eigenvalue weighted by Gasteiger charge is 2.30. The zero-order valence-corrected chi connectivity index (χ0v) is 20.1. The summed E-state index contributed by atoms with van der Waals surface area (Å²) in [5.41, 5.74) is 2.10. The largest absolute Gasteiger partial charge is 0.538 e. The molecule has 0 saturated carbocycles. The van der Waals surface area contributed by atoms with Crippen molar-refractivity contribution < 1.29 is 28.6 Å².